The molecule has 0 spiro atoms. The SMILES string of the molecule is CC(=O)N[C@@H](CC(=O)NCCOc1ccc(C)cc1C)c1ccccc1. The number of carbonyl (C=O) groups is 2. The van der Waals surface area contributed by atoms with Crippen LogP contribution < -0.4 is 15.4 Å². The van der Waals surface area contributed by atoms with E-state index in [9.17, 15) is 9.59 Å². The quantitative estimate of drug-likeness (QED) is 0.716. The van der Waals surface area contributed by atoms with Crippen molar-refractivity contribution in [2.45, 2.75) is 33.2 Å². The molecule has 5 heteroatoms. The van der Waals surface area contributed by atoms with Gasteiger partial charge in [-0.25, -0.2) is 0 Å². The molecule has 0 bridgehead atoms. The molecule has 26 heavy (non-hydrogen) atoms. The van der Waals surface area contributed by atoms with Gasteiger partial charge in [0, 0.05) is 6.92 Å². The van der Waals surface area contributed by atoms with Gasteiger partial charge in [0.15, 0.2) is 0 Å². The third-order valence-corrected chi connectivity index (χ3v) is 3.98. The summed E-state index contributed by atoms with van der Waals surface area (Å²) in [4.78, 5) is 23.6. The summed E-state index contributed by atoms with van der Waals surface area (Å²) in [5.41, 5.74) is 3.17. The van der Waals surface area contributed by atoms with E-state index in [1.54, 1.807) is 0 Å². The molecule has 2 aromatic carbocycles. The minimum absolute atomic E-state index is 0.128. The molecule has 2 aromatic rings. The molecule has 0 aliphatic rings. The Balaban J connectivity index is 1.81. The van der Waals surface area contributed by atoms with Gasteiger partial charge in [-0.05, 0) is 31.0 Å². The van der Waals surface area contributed by atoms with Crippen LogP contribution in [0.15, 0.2) is 48.5 Å². The lowest BCUT2D eigenvalue weighted by Gasteiger charge is -2.18. The summed E-state index contributed by atoms with van der Waals surface area (Å²) >= 11 is 0. The molecule has 1 atom stereocenters. The van der Waals surface area contributed by atoms with Gasteiger partial charge in [0.25, 0.3) is 0 Å². The van der Waals surface area contributed by atoms with E-state index >= 15 is 0 Å². The Kier molecular flexibility index (Phi) is 7.21. The minimum atomic E-state index is -0.339. The third kappa shape index (κ3) is 6.24. The van der Waals surface area contributed by atoms with Gasteiger partial charge >= 0.3 is 0 Å². The highest BCUT2D eigenvalue weighted by molar-refractivity contribution is 5.79. The van der Waals surface area contributed by atoms with Gasteiger partial charge in [-0.15, -0.1) is 0 Å². The Bertz CT molecular complexity index is 744. The van der Waals surface area contributed by atoms with Crippen molar-refractivity contribution in [3.05, 3.63) is 65.2 Å². The predicted molar refractivity (Wildman–Crippen MR) is 102 cm³/mol. The molecular weight excluding hydrogens is 328 g/mol. The zero-order valence-corrected chi connectivity index (χ0v) is 15.5. The van der Waals surface area contributed by atoms with Gasteiger partial charge in [0.1, 0.15) is 12.4 Å². The molecule has 2 amide bonds. The van der Waals surface area contributed by atoms with Gasteiger partial charge < -0.3 is 15.4 Å². The molecule has 0 aliphatic heterocycles. The number of ether oxygens (including phenoxy) is 1. The highest BCUT2D eigenvalue weighted by Gasteiger charge is 2.16. The molecule has 0 saturated carbocycles. The maximum atomic E-state index is 12.2. The van der Waals surface area contributed by atoms with Gasteiger partial charge in [-0.1, -0.05) is 48.0 Å². The Hall–Kier alpha value is -2.82. The van der Waals surface area contributed by atoms with E-state index in [2.05, 4.69) is 16.7 Å². The Morgan fingerprint density at radius 1 is 1.08 bits per heavy atom. The molecule has 0 aromatic heterocycles. The van der Waals surface area contributed by atoms with Crippen molar-refractivity contribution in [3.8, 4) is 5.75 Å². The summed E-state index contributed by atoms with van der Waals surface area (Å²) in [6.45, 7) is 6.29. The number of benzene rings is 2. The predicted octanol–water partition coefficient (Wildman–Crippen LogP) is 3.07. The Labute approximate surface area is 154 Å². The molecule has 0 saturated heterocycles. The van der Waals surface area contributed by atoms with E-state index in [1.807, 2.05) is 56.3 Å². The van der Waals surface area contributed by atoms with Crippen LogP contribution in [0.3, 0.4) is 0 Å². The van der Waals surface area contributed by atoms with E-state index in [4.69, 9.17) is 4.74 Å². The summed E-state index contributed by atoms with van der Waals surface area (Å²) in [7, 11) is 0. The summed E-state index contributed by atoms with van der Waals surface area (Å²) < 4.78 is 5.71. The van der Waals surface area contributed by atoms with E-state index in [1.165, 1.54) is 12.5 Å². The fourth-order valence-corrected chi connectivity index (χ4v) is 2.75. The van der Waals surface area contributed by atoms with Crippen LogP contribution in [0.5, 0.6) is 5.75 Å². The molecule has 0 fully saturated rings. The highest BCUT2D eigenvalue weighted by atomic mass is 16.5. The fourth-order valence-electron chi connectivity index (χ4n) is 2.75. The van der Waals surface area contributed by atoms with Crippen molar-refractivity contribution >= 4 is 11.8 Å². The number of rotatable bonds is 8. The zero-order chi connectivity index (χ0) is 18.9. The fraction of sp³-hybridized carbons (Fsp3) is 0.333. The summed E-state index contributed by atoms with van der Waals surface area (Å²) in [5.74, 6) is 0.534. The van der Waals surface area contributed by atoms with Crippen molar-refractivity contribution in [1.82, 2.24) is 10.6 Å². The van der Waals surface area contributed by atoms with E-state index in [0.717, 1.165) is 16.9 Å². The second-order valence-electron chi connectivity index (χ2n) is 6.34. The summed E-state index contributed by atoms with van der Waals surface area (Å²) in [6.07, 6.45) is 0.188. The van der Waals surface area contributed by atoms with Crippen LogP contribution >= 0.6 is 0 Å². The number of carbonyl (C=O) groups excluding carboxylic acids is 2. The largest absolute Gasteiger partial charge is 0.491 e. The molecule has 0 radical (unpaired) electrons. The number of amides is 2. The van der Waals surface area contributed by atoms with Crippen LogP contribution in [0.4, 0.5) is 0 Å². The first-order chi connectivity index (χ1) is 12.5. The lowest BCUT2D eigenvalue weighted by atomic mass is 10.0. The zero-order valence-electron chi connectivity index (χ0n) is 15.5. The first-order valence-electron chi connectivity index (χ1n) is 8.74. The Morgan fingerprint density at radius 3 is 2.46 bits per heavy atom. The van der Waals surface area contributed by atoms with Crippen LogP contribution in [-0.2, 0) is 9.59 Å². The number of hydrogen-bond donors (Lipinski definition) is 2. The smallest absolute Gasteiger partial charge is 0.222 e. The second kappa shape index (κ2) is 9.61. The van der Waals surface area contributed by atoms with Gasteiger partial charge in [0.05, 0.1) is 19.0 Å². The molecule has 0 heterocycles. The lowest BCUT2D eigenvalue weighted by Crippen LogP contribution is -2.34. The van der Waals surface area contributed by atoms with Crippen molar-refractivity contribution in [2.75, 3.05) is 13.2 Å². The van der Waals surface area contributed by atoms with Crippen LogP contribution in [0.2, 0.25) is 0 Å². The average molecular weight is 354 g/mol. The number of aryl methyl sites for hydroxylation is 2. The van der Waals surface area contributed by atoms with Crippen LogP contribution in [-0.4, -0.2) is 25.0 Å². The normalized spacial score (nSPS) is 11.5. The lowest BCUT2D eigenvalue weighted by molar-refractivity contribution is -0.122. The maximum absolute atomic E-state index is 12.2. The molecule has 2 rings (SSSR count). The van der Waals surface area contributed by atoms with E-state index in [0.29, 0.717) is 13.2 Å². The van der Waals surface area contributed by atoms with E-state index < -0.39 is 0 Å². The molecule has 0 aliphatic carbocycles. The van der Waals surface area contributed by atoms with Gasteiger partial charge in [0.2, 0.25) is 11.8 Å². The van der Waals surface area contributed by atoms with Gasteiger partial charge in [-0.3, -0.25) is 9.59 Å². The summed E-state index contributed by atoms with van der Waals surface area (Å²) in [6, 6.07) is 15.1. The first-order valence-corrected chi connectivity index (χ1v) is 8.74. The van der Waals surface area contributed by atoms with Crippen molar-refractivity contribution in [2.24, 2.45) is 0 Å². The number of hydrogen-bond acceptors (Lipinski definition) is 3. The highest BCUT2D eigenvalue weighted by Crippen LogP contribution is 2.18. The van der Waals surface area contributed by atoms with Crippen molar-refractivity contribution < 1.29 is 14.3 Å². The summed E-state index contributed by atoms with van der Waals surface area (Å²) in [5, 5.41) is 5.67. The monoisotopic (exact) mass is 354 g/mol. The standard InChI is InChI=1S/C21H26N2O3/c1-15-9-10-20(16(2)13-15)26-12-11-22-21(25)14-19(23-17(3)24)18-7-5-4-6-8-18/h4-10,13,19H,11-12,14H2,1-3H3,(H,22,25)(H,23,24)/t19-/m0/s1. The van der Waals surface area contributed by atoms with Crippen LogP contribution in [0.1, 0.15) is 36.1 Å². The minimum Gasteiger partial charge on any atom is -0.491 e. The molecular formula is C21H26N2O3. The van der Waals surface area contributed by atoms with Crippen LogP contribution in [0.25, 0.3) is 0 Å². The first kappa shape index (κ1) is 19.5. The third-order valence-electron chi connectivity index (χ3n) is 3.98. The second-order valence-corrected chi connectivity index (χ2v) is 6.34. The number of nitrogens with one attached hydrogen (secondary N) is 2. The molecule has 138 valence electrons. The van der Waals surface area contributed by atoms with E-state index in [-0.39, 0.29) is 24.3 Å². The van der Waals surface area contributed by atoms with Crippen LogP contribution in [0, 0.1) is 13.8 Å². The van der Waals surface area contributed by atoms with Gasteiger partial charge in [-0.2, -0.15) is 0 Å². The topological polar surface area (TPSA) is 67.4 Å². The molecule has 5 nitrogen and oxygen atoms in total. The Morgan fingerprint density at radius 2 is 1.81 bits per heavy atom. The average Bonchev–Trinajstić information content (AvgIpc) is 2.60. The van der Waals surface area contributed by atoms with Crippen molar-refractivity contribution in [1.29, 1.82) is 0 Å². The molecule has 2 N–H and O–H groups in total. The molecule has 0 unspecified atom stereocenters. The van der Waals surface area contributed by atoms with Crippen molar-refractivity contribution in [3.63, 3.8) is 0 Å². The maximum Gasteiger partial charge on any atom is 0.222 e.